The first-order chi connectivity index (χ1) is 12.3. The Balaban J connectivity index is 1.96. The molecule has 1 amide bonds. The average molecular weight is 394 g/mol. The molecule has 0 atom stereocenters. The van der Waals surface area contributed by atoms with Gasteiger partial charge in [0, 0.05) is 13.0 Å². The first kappa shape index (κ1) is 18.4. The van der Waals surface area contributed by atoms with Crippen molar-refractivity contribution in [3.8, 4) is 0 Å². The zero-order valence-corrected chi connectivity index (χ0v) is 15.7. The summed E-state index contributed by atoms with van der Waals surface area (Å²) in [5.41, 5.74) is 0.686. The Hall–Kier alpha value is -2.39. The smallest absolute Gasteiger partial charge is 0.264 e. The Morgan fingerprint density at radius 1 is 1.04 bits per heavy atom. The zero-order valence-electron chi connectivity index (χ0n) is 14.1. The fraction of sp³-hybridized carbons (Fsp3) is 0.235. The second kappa shape index (κ2) is 6.73. The highest BCUT2D eigenvalue weighted by Crippen LogP contribution is 2.28. The third kappa shape index (κ3) is 3.19. The number of sulfonamides is 2. The van der Waals surface area contributed by atoms with E-state index in [4.69, 9.17) is 0 Å². The summed E-state index contributed by atoms with van der Waals surface area (Å²) in [6.45, 7) is 1.97. The molecule has 9 heteroatoms. The van der Waals surface area contributed by atoms with Crippen LogP contribution in [0.15, 0.2) is 59.5 Å². The molecule has 0 saturated carbocycles. The first-order valence-electron chi connectivity index (χ1n) is 8.01. The van der Waals surface area contributed by atoms with Crippen LogP contribution in [0.5, 0.6) is 0 Å². The molecule has 0 N–H and O–H groups in total. The van der Waals surface area contributed by atoms with Gasteiger partial charge in [-0.1, -0.05) is 18.2 Å². The molecular formula is C17H18N2O5S2. The lowest BCUT2D eigenvalue weighted by molar-refractivity contribution is -0.116. The maximum Gasteiger partial charge on any atom is 0.264 e. The van der Waals surface area contributed by atoms with Crippen molar-refractivity contribution in [3.05, 3.63) is 54.6 Å². The van der Waals surface area contributed by atoms with Gasteiger partial charge >= 0.3 is 0 Å². The number of anilines is 2. The maximum absolute atomic E-state index is 12.9. The molecule has 1 aliphatic rings. The zero-order chi connectivity index (χ0) is 18.9. The quantitative estimate of drug-likeness (QED) is 0.773. The molecule has 138 valence electrons. The van der Waals surface area contributed by atoms with Crippen LogP contribution in [-0.2, 0) is 24.8 Å². The number of nitrogens with zero attached hydrogens (tertiary/aromatic N) is 2. The minimum Gasteiger partial charge on any atom is -0.273 e. The van der Waals surface area contributed by atoms with E-state index in [0.29, 0.717) is 5.69 Å². The number of carbonyl (C=O) groups excluding carboxylic acids is 1. The van der Waals surface area contributed by atoms with E-state index in [1.165, 1.54) is 28.6 Å². The second-order valence-electron chi connectivity index (χ2n) is 5.72. The molecule has 1 heterocycles. The number of hydrogen-bond acceptors (Lipinski definition) is 5. The molecule has 2 aromatic carbocycles. The van der Waals surface area contributed by atoms with Crippen molar-refractivity contribution in [2.75, 3.05) is 20.9 Å². The van der Waals surface area contributed by atoms with Crippen molar-refractivity contribution in [2.24, 2.45) is 0 Å². The number of benzene rings is 2. The van der Waals surface area contributed by atoms with Crippen molar-refractivity contribution >= 4 is 37.3 Å². The molecule has 1 aliphatic heterocycles. The van der Waals surface area contributed by atoms with E-state index >= 15 is 0 Å². The standard InChI is InChI=1S/C17H18N2O5S2/c1-2-18(14-6-4-3-5-7-14)26(23,24)16-10-8-15(9-11-16)19-17(20)12-13-25(19,21)22/h3-11H,2,12-13H2,1H3. The van der Waals surface area contributed by atoms with Crippen molar-refractivity contribution < 1.29 is 21.6 Å². The highest BCUT2D eigenvalue weighted by atomic mass is 32.2. The SMILES string of the molecule is CCN(c1ccccc1)S(=O)(=O)c1ccc(N2C(=O)CCS2(=O)=O)cc1. The van der Waals surface area contributed by atoms with Crippen LogP contribution in [0.4, 0.5) is 11.4 Å². The van der Waals surface area contributed by atoms with Crippen LogP contribution < -0.4 is 8.61 Å². The summed E-state index contributed by atoms with van der Waals surface area (Å²) in [6, 6.07) is 14.0. The van der Waals surface area contributed by atoms with Crippen LogP contribution in [0.25, 0.3) is 0 Å². The lowest BCUT2D eigenvalue weighted by Crippen LogP contribution is -2.31. The van der Waals surface area contributed by atoms with Gasteiger partial charge in [-0.05, 0) is 43.3 Å². The Labute approximate surface area is 153 Å². The van der Waals surface area contributed by atoms with Gasteiger partial charge in [-0.3, -0.25) is 9.10 Å². The second-order valence-corrected chi connectivity index (χ2v) is 9.52. The van der Waals surface area contributed by atoms with Gasteiger partial charge in [0.05, 0.1) is 22.0 Å². The van der Waals surface area contributed by atoms with Gasteiger partial charge in [-0.2, -0.15) is 0 Å². The Kier molecular flexibility index (Phi) is 4.76. The Morgan fingerprint density at radius 3 is 2.15 bits per heavy atom. The van der Waals surface area contributed by atoms with Crippen LogP contribution in [-0.4, -0.2) is 35.0 Å². The number of para-hydroxylation sites is 1. The van der Waals surface area contributed by atoms with Gasteiger partial charge in [0.15, 0.2) is 0 Å². The molecule has 3 rings (SSSR count). The molecular weight excluding hydrogens is 376 g/mol. The minimum absolute atomic E-state index is 0.0241. The van der Waals surface area contributed by atoms with Crippen molar-refractivity contribution in [1.82, 2.24) is 0 Å². The van der Waals surface area contributed by atoms with Crippen LogP contribution in [0.3, 0.4) is 0 Å². The summed E-state index contributed by atoms with van der Waals surface area (Å²) in [5, 5.41) is 0. The molecule has 0 spiro atoms. The highest BCUT2D eigenvalue weighted by Gasteiger charge is 2.36. The largest absolute Gasteiger partial charge is 0.273 e. The summed E-state index contributed by atoms with van der Waals surface area (Å²) >= 11 is 0. The van der Waals surface area contributed by atoms with Gasteiger partial charge in [0.1, 0.15) is 0 Å². The van der Waals surface area contributed by atoms with Crippen LogP contribution in [0.1, 0.15) is 13.3 Å². The number of rotatable bonds is 5. The maximum atomic E-state index is 12.9. The van der Waals surface area contributed by atoms with E-state index in [1.54, 1.807) is 37.3 Å². The predicted octanol–water partition coefficient (Wildman–Crippen LogP) is 1.97. The number of carbonyl (C=O) groups is 1. The van der Waals surface area contributed by atoms with Gasteiger partial charge in [-0.25, -0.2) is 21.1 Å². The van der Waals surface area contributed by atoms with Crippen molar-refractivity contribution in [3.63, 3.8) is 0 Å². The highest BCUT2D eigenvalue weighted by molar-refractivity contribution is 7.94. The number of amides is 1. The molecule has 26 heavy (non-hydrogen) atoms. The van der Waals surface area contributed by atoms with Crippen LogP contribution in [0, 0.1) is 0 Å². The van der Waals surface area contributed by atoms with E-state index < -0.39 is 26.0 Å². The van der Waals surface area contributed by atoms with Crippen molar-refractivity contribution in [2.45, 2.75) is 18.2 Å². The molecule has 0 aliphatic carbocycles. The summed E-state index contributed by atoms with van der Waals surface area (Å²) in [4.78, 5) is 11.9. The molecule has 0 radical (unpaired) electrons. The summed E-state index contributed by atoms with van der Waals surface area (Å²) in [6.07, 6.45) is -0.0694. The van der Waals surface area contributed by atoms with Gasteiger partial charge in [0.25, 0.3) is 10.0 Å². The van der Waals surface area contributed by atoms with Crippen molar-refractivity contribution in [1.29, 1.82) is 0 Å². The van der Waals surface area contributed by atoms with Crippen LogP contribution >= 0.6 is 0 Å². The Morgan fingerprint density at radius 2 is 1.65 bits per heavy atom. The fourth-order valence-electron chi connectivity index (χ4n) is 2.84. The lowest BCUT2D eigenvalue weighted by atomic mass is 10.3. The molecule has 1 fully saturated rings. The topological polar surface area (TPSA) is 91.8 Å². The molecule has 7 nitrogen and oxygen atoms in total. The summed E-state index contributed by atoms with van der Waals surface area (Å²) < 4.78 is 51.8. The summed E-state index contributed by atoms with van der Waals surface area (Å²) in [5.74, 6) is -0.746. The number of hydrogen-bond donors (Lipinski definition) is 0. The van der Waals surface area contributed by atoms with Gasteiger partial charge < -0.3 is 0 Å². The first-order valence-corrected chi connectivity index (χ1v) is 11.1. The van der Waals surface area contributed by atoms with E-state index in [1.807, 2.05) is 0 Å². The van der Waals surface area contributed by atoms with Gasteiger partial charge in [-0.15, -0.1) is 0 Å². The molecule has 0 unspecified atom stereocenters. The molecule has 0 bridgehead atoms. The minimum atomic E-state index is -3.81. The lowest BCUT2D eigenvalue weighted by Gasteiger charge is -2.23. The monoisotopic (exact) mass is 394 g/mol. The van der Waals surface area contributed by atoms with E-state index in [0.717, 1.165) is 4.31 Å². The molecule has 2 aromatic rings. The Bertz CT molecular complexity index is 1020. The average Bonchev–Trinajstić information content (AvgIpc) is 2.89. The third-order valence-electron chi connectivity index (χ3n) is 4.07. The summed E-state index contributed by atoms with van der Waals surface area (Å²) in [7, 11) is -7.48. The molecule has 1 saturated heterocycles. The fourth-order valence-corrected chi connectivity index (χ4v) is 5.77. The normalized spacial score (nSPS) is 16.7. The van der Waals surface area contributed by atoms with Crippen LogP contribution in [0.2, 0.25) is 0 Å². The van der Waals surface area contributed by atoms with Gasteiger partial charge in [0.2, 0.25) is 15.9 Å². The van der Waals surface area contributed by atoms with E-state index in [9.17, 15) is 21.6 Å². The molecule has 0 aromatic heterocycles. The third-order valence-corrected chi connectivity index (χ3v) is 7.68. The van der Waals surface area contributed by atoms with E-state index in [-0.39, 0.29) is 29.3 Å². The predicted molar refractivity (Wildman–Crippen MR) is 99.0 cm³/mol. The van der Waals surface area contributed by atoms with E-state index in [2.05, 4.69) is 0 Å².